The third kappa shape index (κ3) is 5.27. The van der Waals surface area contributed by atoms with Crippen molar-refractivity contribution in [2.45, 2.75) is 12.5 Å². The summed E-state index contributed by atoms with van der Waals surface area (Å²) in [6, 6.07) is 10.6. The van der Waals surface area contributed by atoms with Gasteiger partial charge in [0.15, 0.2) is 23.3 Å². The summed E-state index contributed by atoms with van der Waals surface area (Å²) < 4.78 is 80.3. The molecular formula is C25H19F5N4O4S. The highest BCUT2D eigenvalue weighted by Gasteiger charge is 2.45. The highest BCUT2D eigenvalue weighted by atomic mass is 32.1. The van der Waals surface area contributed by atoms with Gasteiger partial charge in [-0.3, -0.25) is 19.9 Å². The Balaban J connectivity index is 1.68. The molecule has 39 heavy (non-hydrogen) atoms. The van der Waals surface area contributed by atoms with E-state index in [-0.39, 0.29) is 5.69 Å². The zero-order chi connectivity index (χ0) is 28.4. The van der Waals surface area contributed by atoms with E-state index in [9.17, 15) is 31.5 Å². The topological polar surface area (TPSA) is 83.1 Å². The number of hydrazine groups is 1. The van der Waals surface area contributed by atoms with Crippen molar-refractivity contribution in [3.05, 3.63) is 77.6 Å². The van der Waals surface area contributed by atoms with Crippen molar-refractivity contribution in [1.29, 1.82) is 0 Å². The second-order valence-corrected chi connectivity index (χ2v) is 8.44. The van der Waals surface area contributed by atoms with E-state index in [4.69, 9.17) is 21.7 Å². The van der Waals surface area contributed by atoms with Gasteiger partial charge in [-0.25, -0.2) is 27.0 Å². The fourth-order valence-electron chi connectivity index (χ4n) is 3.75. The standard InChI is InChI=1S/C25H19F5N4O4S/c1-37-14-7-3-12(4-8-14)31-17(35)11-16-24(36)33(13-5-9-15(38-2)10-6-13)25(39)34(16)32-23-21(29)19(27)18(26)20(28)22(23)30/h3-10,16,32H,11H2,1-2H3,(H,31,35). The molecule has 3 aromatic rings. The maximum absolute atomic E-state index is 14.5. The van der Waals surface area contributed by atoms with Crippen LogP contribution in [0, 0.1) is 29.1 Å². The SMILES string of the molecule is COc1ccc(NC(=O)CC2C(=O)N(c3ccc(OC)cc3)C(=S)N2Nc2c(F)c(F)c(F)c(F)c2F)cc1. The third-order valence-corrected chi connectivity index (χ3v) is 6.12. The van der Waals surface area contributed by atoms with Crippen LogP contribution in [0.3, 0.4) is 0 Å². The van der Waals surface area contributed by atoms with Crippen LogP contribution < -0.4 is 25.1 Å². The number of rotatable bonds is 8. The van der Waals surface area contributed by atoms with Crippen molar-refractivity contribution in [3.8, 4) is 11.5 Å². The Hall–Kier alpha value is -4.46. The van der Waals surface area contributed by atoms with Gasteiger partial charge in [-0.05, 0) is 60.7 Å². The van der Waals surface area contributed by atoms with Crippen LogP contribution >= 0.6 is 12.2 Å². The van der Waals surface area contributed by atoms with E-state index >= 15 is 0 Å². The van der Waals surface area contributed by atoms with Crippen LogP contribution in [0.25, 0.3) is 0 Å². The minimum Gasteiger partial charge on any atom is -0.497 e. The van der Waals surface area contributed by atoms with Crippen molar-refractivity contribution in [2.75, 3.05) is 29.9 Å². The van der Waals surface area contributed by atoms with Gasteiger partial charge in [0, 0.05) is 5.69 Å². The zero-order valence-electron chi connectivity index (χ0n) is 20.2. The molecule has 3 aromatic carbocycles. The maximum atomic E-state index is 14.5. The van der Waals surface area contributed by atoms with Gasteiger partial charge in [-0.1, -0.05) is 0 Å². The van der Waals surface area contributed by atoms with E-state index in [1.54, 1.807) is 12.1 Å². The average Bonchev–Trinajstić information content (AvgIpc) is 3.17. The lowest BCUT2D eigenvalue weighted by atomic mass is 10.1. The number of thiocarbonyl (C=S) groups is 1. The smallest absolute Gasteiger partial charge is 0.258 e. The average molecular weight is 567 g/mol. The van der Waals surface area contributed by atoms with Crippen LogP contribution in [0.1, 0.15) is 6.42 Å². The molecule has 1 atom stereocenters. The highest BCUT2D eigenvalue weighted by molar-refractivity contribution is 7.80. The third-order valence-electron chi connectivity index (χ3n) is 5.74. The van der Waals surface area contributed by atoms with Gasteiger partial charge in [-0.15, -0.1) is 0 Å². The molecule has 1 fully saturated rings. The minimum absolute atomic E-state index is 0.202. The number of amides is 2. The van der Waals surface area contributed by atoms with E-state index in [0.29, 0.717) is 22.2 Å². The van der Waals surface area contributed by atoms with Crippen molar-refractivity contribution in [2.24, 2.45) is 0 Å². The number of hydrogen-bond donors (Lipinski definition) is 2. The Morgan fingerprint density at radius 2 is 1.33 bits per heavy atom. The number of anilines is 3. The van der Waals surface area contributed by atoms with Gasteiger partial charge >= 0.3 is 0 Å². The predicted molar refractivity (Wildman–Crippen MR) is 135 cm³/mol. The lowest BCUT2D eigenvalue weighted by molar-refractivity contribution is -0.124. The van der Waals surface area contributed by atoms with Crippen molar-refractivity contribution < 1.29 is 41.0 Å². The molecule has 1 heterocycles. The molecule has 0 bridgehead atoms. The second-order valence-electron chi connectivity index (χ2n) is 8.08. The van der Waals surface area contributed by atoms with Crippen molar-refractivity contribution in [1.82, 2.24) is 5.01 Å². The first kappa shape index (κ1) is 27.6. The van der Waals surface area contributed by atoms with Crippen molar-refractivity contribution in [3.63, 3.8) is 0 Å². The largest absolute Gasteiger partial charge is 0.497 e. The maximum Gasteiger partial charge on any atom is 0.258 e. The Labute approximate surface area is 223 Å². The number of carbonyl (C=O) groups is 2. The molecule has 0 aromatic heterocycles. The number of nitrogens with zero attached hydrogens (tertiary/aromatic N) is 2. The number of carbonyl (C=O) groups excluding carboxylic acids is 2. The molecule has 204 valence electrons. The van der Waals surface area contributed by atoms with Gasteiger partial charge in [0.05, 0.1) is 26.3 Å². The van der Waals surface area contributed by atoms with Crippen LogP contribution in [0.5, 0.6) is 11.5 Å². The summed E-state index contributed by atoms with van der Waals surface area (Å²) in [6.07, 6.45) is -0.611. The molecular weight excluding hydrogens is 547 g/mol. The summed E-state index contributed by atoms with van der Waals surface area (Å²) in [5, 5.41) is 2.86. The van der Waals surface area contributed by atoms with Crippen LogP contribution in [0.4, 0.5) is 39.0 Å². The summed E-state index contributed by atoms with van der Waals surface area (Å²) in [7, 11) is 2.89. The monoisotopic (exact) mass is 566 g/mol. The molecule has 14 heteroatoms. The molecule has 0 saturated carbocycles. The molecule has 1 aliphatic heterocycles. The molecule has 2 N–H and O–H groups in total. The number of hydrogen-bond acceptors (Lipinski definition) is 6. The van der Waals surface area contributed by atoms with Crippen LogP contribution in [0.2, 0.25) is 0 Å². The van der Waals surface area contributed by atoms with E-state index in [1.165, 1.54) is 50.6 Å². The fraction of sp³-hybridized carbons (Fsp3) is 0.160. The first-order valence-electron chi connectivity index (χ1n) is 11.1. The molecule has 1 unspecified atom stereocenters. The summed E-state index contributed by atoms with van der Waals surface area (Å²) in [6.45, 7) is 0. The van der Waals surface area contributed by atoms with Gasteiger partial charge in [-0.2, -0.15) is 0 Å². The number of nitrogens with one attached hydrogen (secondary N) is 2. The number of ether oxygens (including phenoxy) is 2. The molecule has 1 saturated heterocycles. The van der Waals surface area contributed by atoms with Gasteiger partial charge in [0.1, 0.15) is 23.2 Å². The fourth-order valence-corrected chi connectivity index (χ4v) is 4.12. The molecule has 1 aliphatic rings. The zero-order valence-corrected chi connectivity index (χ0v) is 21.0. The van der Waals surface area contributed by atoms with Crippen LogP contribution in [-0.4, -0.2) is 42.2 Å². The van der Waals surface area contributed by atoms with E-state index < -0.39 is 64.2 Å². The quantitative estimate of drug-likeness (QED) is 0.176. The minimum atomic E-state index is -2.36. The first-order valence-corrected chi connectivity index (χ1v) is 11.5. The van der Waals surface area contributed by atoms with E-state index in [2.05, 4.69) is 5.32 Å². The Morgan fingerprint density at radius 3 is 1.85 bits per heavy atom. The number of halogens is 5. The Morgan fingerprint density at radius 1 is 0.846 bits per heavy atom. The number of benzene rings is 3. The molecule has 2 amide bonds. The van der Waals surface area contributed by atoms with E-state index in [1.807, 2.05) is 5.43 Å². The van der Waals surface area contributed by atoms with Gasteiger partial charge < -0.3 is 14.8 Å². The predicted octanol–water partition coefficient (Wildman–Crippen LogP) is 4.76. The molecule has 8 nitrogen and oxygen atoms in total. The summed E-state index contributed by atoms with van der Waals surface area (Å²) in [4.78, 5) is 27.2. The lowest BCUT2D eigenvalue weighted by Crippen LogP contribution is -2.42. The molecule has 0 spiro atoms. The van der Waals surface area contributed by atoms with Crippen LogP contribution in [-0.2, 0) is 9.59 Å². The summed E-state index contributed by atoms with van der Waals surface area (Å²) in [5.74, 6) is -11.6. The lowest BCUT2D eigenvalue weighted by Gasteiger charge is -2.26. The second kappa shape index (κ2) is 11.1. The molecule has 4 rings (SSSR count). The van der Waals surface area contributed by atoms with Gasteiger partial charge in [0.2, 0.25) is 16.8 Å². The Kier molecular flexibility index (Phi) is 7.85. The highest BCUT2D eigenvalue weighted by Crippen LogP contribution is 2.32. The molecule has 0 aliphatic carbocycles. The summed E-state index contributed by atoms with van der Waals surface area (Å²) in [5.41, 5.74) is 1.14. The first-order chi connectivity index (χ1) is 18.6. The van der Waals surface area contributed by atoms with Crippen molar-refractivity contribution >= 4 is 46.2 Å². The normalized spacial score (nSPS) is 15.0. The summed E-state index contributed by atoms with van der Waals surface area (Å²) >= 11 is 5.33. The number of methoxy groups -OCH3 is 2. The van der Waals surface area contributed by atoms with Gasteiger partial charge in [0.25, 0.3) is 5.91 Å². The molecule has 0 radical (unpaired) electrons. The Bertz CT molecular complexity index is 1410. The van der Waals surface area contributed by atoms with E-state index in [0.717, 1.165) is 4.90 Å². The van der Waals surface area contributed by atoms with Crippen LogP contribution in [0.15, 0.2) is 48.5 Å².